The maximum Gasteiger partial charge on any atom is 0.170 e. The third kappa shape index (κ3) is 2.76. The maximum absolute atomic E-state index is 5.69. The third-order valence-electron chi connectivity index (χ3n) is 1.37. The van der Waals surface area contributed by atoms with E-state index in [0.717, 1.165) is 4.34 Å². The maximum atomic E-state index is 5.69. The van der Waals surface area contributed by atoms with Crippen LogP contribution in [-0.4, -0.2) is 20.6 Å². The lowest BCUT2D eigenvalue weighted by Crippen LogP contribution is -2.26. The second kappa shape index (κ2) is 4.04. The molecule has 1 aromatic rings. The first-order valence-corrected chi connectivity index (χ1v) is 5.04. The molecule has 0 aliphatic rings. The van der Waals surface area contributed by atoms with Crippen LogP contribution in [0.15, 0.2) is 10.7 Å². The Morgan fingerprint density at radius 1 is 1.64 bits per heavy atom. The van der Waals surface area contributed by atoms with Gasteiger partial charge in [-0.3, -0.25) is 0 Å². The Labute approximate surface area is 74.6 Å². The first kappa shape index (κ1) is 8.96. The van der Waals surface area contributed by atoms with E-state index in [0.29, 0.717) is 5.25 Å². The van der Waals surface area contributed by atoms with Crippen molar-refractivity contribution < 1.29 is 0 Å². The summed E-state index contributed by atoms with van der Waals surface area (Å²) in [7, 11) is 0. The first-order chi connectivity index (χ1) is 5.20. The standard InChI is InChI=1S/C6H11N3S2/c1-4(7)5(2)10-6-8-3-9-11-6/h3-5H,7H2,1-2H3. The SMILES string of the molecule is CC(N)C(C)Sc1ncns1. The van der Waals surface area contributed by atoms with Crippen LogP contribution in [0.25, 0.3) is 0 Å². The van der Waals surface area contributed by atoms with Gasteiger partial charge < -0.3 is 5.73 Å². The van der Waals surface area contributed by atoms with Gasteiger partial charge in [0.05, 0.1) is 0 Å². The lowest BCUT2D eigenvalue weighted by Gasteiger charge is -2.11. The molecule has 0 saturated heterocycles. The smallest absolute Gasteiger partial charge is 0.170 e. The van der Waals surface area contributed by atoms with E-state index in [9.17, 15) is 0 Å². The van der Waals surface area contributed by atoms with Crippen LogP contribution in [0.4, 0.5) is 0 Å². The van der Waals surface area contributed by atoms with Crippen LogP contribution in [-0.2, 0) is 0 Å². The molecule has 0 aromatic carbocycles. The van der Waals surface area contributed by atoms with Crippen LogP contribution in [0.1, 0.15) is 13.8 Å². The van der Waals surface area contributed by atoms with Gasteiger partial charge in [0.2, 0.25) is 0 Å². The highest BCUT2D eigenvalue weighted by molar-refractivity contribution is 8.01. The van der Waals surface area contributed by atoms with Crippen LogP contribution in [0.2, 0.25) is 0 Å². The summed E-state index contributed by atoms with van der Waals surface area (Å²) in [5, 5.41) is 0.406. The summed E-state index contributed by atoms with van der Waals surface area (Å²) in [5.41, 5.74) is 5.69. The molecular formula is C6H11N3S2. The molecule has 2 N–H and O–H groups in total. The van der Waals surface area contributed by atoms with E-state index >= 15 is 0 Å². The number of hydrogen-bond acceptors (Lipinski definition) is 5. The molecular weight excluding hydrogens is 178 g/mol. The summed E-state index contributed by atoms with van der Waals surface area (Å²) in [6.07, 6.45) is 1.57. The fraction of sp³-hybridized carbons (Fsp3) is 0.667. The van der Waals surface area contributed by atoms with Crippen molar-refractivity contribution in [2.45, 2.75) is 29.5 Å². The molecule has 1 heterocycles. The zero-order valence-electron chi connectivity index (χ0n) is 6.52. The predicted molar refractivity (Wildman–Crippen MR) is 48.9 cm³/mol. The number of rotatable bonds is 3. The lowest BCUT2D eigenvalue weighted by atomic mass is 10.3. The minimum absolute atomic E-state index is 0.198. The van der Waals surface area contributed by atoms with E-state index in [1.165, 1.54) is 11.5 Å². The molecule has 2 unspecified atom stereocenters. The van der Waals surface area contributed by atoms with Gasteiger partial charge in [0.1, 0.15) is 6.33 Å². The number of thioether (sulfide) groups is 1. The summed E-state index contributed by atoms with van der Waals surface area (Å²) in [6, 6.07) is 0.198. The average Bonchev–Trinajstić information content (AvgIpc) is 2.39. The minimum Gasteiger partial charge on any atom is -0.327 e. The molecule has 3 nitrogen and oxygen atoms in total. The van der Waals surface area contributed by atoms with Crippen LogP contribution in [0.3, 0.4) is 0 Å². The Balaban J connectivity index is 2.43. The van der Waals surface area contributed by atoms with Crippen molar-refractivity contribution in [2.75, 3.05) is 0 Å². The molecule has 0 saturated carbocycles. The van der Waals surface area contributed by atoms with Crippen LogP contribution in [0.5, 0.6) is 0 Å². The average molecular weight is 189 g/mol. The zero-order chi connectivity index (χ0) is 8.27. The fourth-order valence-corrected chi connectivity index (χ4v) is 2.16. The molecule has 0 fully saturated rings. The van der Waals surface area contributed by atoms with Crippen LogP contribution < -0.4 is 5.73 Å². The quantitative estimate of drug-likeness (QED) is 0.730. The van der Waals surface area contributed by atoms with Gasteiger partial charge in [-0.25, -0.2) is 4.98 Å². The predicted octanol–water partition coefficient (Wildman–Crippen LogP) is 1.37. The summed E-state index contributed by atoms with van der Waals surface area (Å²) in [4.78, 5) is 4.05. The molecule has 2 atom stereocenters. The highest BCUT2D eigenvalue weighted by atomic mass is 32.2. The summed E-state index contributed by atoms with van der Waals surface area (Å²) < 4.78 is 4.90. The number of aromatic nitrogens is 2. The molecule has 0 spiro atoms. The van der Waals surface area contributed by atoms with Crippen molar-refractivity contribution in [1.29, 1.82) is 0 Å². The van der Waals surface area contributed by atoms with Crippen molar-refractivity contribution in [3.63, 3.8) is 0 Å². The second-order valence-corrected chi connectivity index (χ2v) is 4.79. The summed E-state index contributed by atoms with van der Waals surface area (Å²) in [5.74, 6) is 0. The fourth-order valence-electron chi connectivity index (χ4n) is 0.481. The van der Waals surface area contributed by atoms with Crippen molar-refractivity contribution in [2.24, 2.45) is 5.73 Å². The third-order valence-corrected chi connectivity index (χ3v) is 3.45. The molecule has 1 rings (SSSR count). The van der Waals surface area contributed by atoms with Gasteiger partial charge in [-0.2, -0.15) is 4.37 Å². The number of nitrogens with zero attached hydrogens (tertiary/aromatic N) is 2. The van der Waals surface area contributed by atoms with E-state index in [-0.39, 0.29) is 6.04 Å². The van der Waals surface area contributed by atoms with Crippen molar-refractivity contribution in [3.8, 4) is 0 Å². The van der Waals surface area contributed by atoms with E-state index in [1.807, 2.05) is 6.92 Å². The van der Waals surface area contributed by atoms with E-state index in [4.69, 9.17) is 5.73 Å². The zero-order valence-corrected chi connectivity index (χ0v) is 8.15. The van der Waals surface area contributed by atoms with Gasteiger partial charge in [-0.1, -0.05) is 18.7 Å². The second-order valence-electron chi connectivity index (χ2n) is 2.39. The number of hydrogen-bond donors (Lipinski definition) is 1. The topological polar surface area (TPSA) is 51.8 Å². The number of nitrogens with two attached hydrogens (primary N) is 1. The lowest BCUT2D eigenvalue weighted by molar-refractivity contribution is 0.730. The van der Waals surface area contributed by atoms with Gasteiger partial charge in [0.15, 0.2) is 4.34 Å². The summed E-state index contributed by atoms with van der Waals surface area (Å²) in [6.45, 7) is 4.09. The molecule has 0 bridgehead atoms. The molecule has 1 aromatic heterocycles. The van der Waals surface area contributed by atoms with Crippen LogP contribution >= 0.6 is 23.3 Å². The molecule has 0 aliphatic heterocycles. The Bertz CT molecular complexity index is 198. The van der Waals surface area contributed by atoms with E-state index in [1.54, 1.807) is 18.1 Å². The van der Waals surface area contributed by atoms with Gasteiger partial charge in [-0.05, 0) is 18.5 Å². The Kier molecular flexibility index (Phi) is 3.29. The van der Waals surface area contributed by atoms with E-state index < -0.39 is 0 Å². The summed E-state index contributed by atoms with van der Waals surface area (Å²) >= 11 is 3.09. The Morgan fingerprint density at radius 3 is 2.82 bits per heavy atom. The molecule has 11 heavy (non-hydrogen) atoms. The Morgan fingerprint density at radius 2 is 2.36 bits per heavy atom. The van der Waals surface area contributed by atoms with Crippen molar-refractivity contribution in [3.05, 3.63) is 6.33 Å². The largest absolute Gasteiger partial charge is 0.327 e. The molecule has 0 amide bonds. The molecule has 5 heteroatoms. The van der Waals surface area contributed by atoms with Crippen molar-refractivity contribution in [1.82, 2.24) is 9.36 Å². The van der Waals surface area contributed by atoms with Gasteiger partial charge in [-0.15, -0.1) is 0 Å². The molecule has 62 valence electrons. The first-order valence-electron chi connectivity index (χ1n) is 3.39. The van der Waals surface area contributed by atoms with Crippen molar-refractivity contribution >= 4 is 23.3 Å². The minimum atomic E-state index is 0.198. The monoisotopic (exact) mass is 189 g/mol. The van der Waals surface area contributed by atoms with Gasteiger partial charge in [0, 0.05) is 11.3 Å². The molecule has 0 aliphatic carbocycles. The van der Waals surface area contributed by atoms with Crippen LogP contribution in [0, 0.1) is 0 Å². The highest BCUT2D eigenvalue weighted by Crippen LogP contribution is 2.24. The normalized spacial score (nSPS) is 16.3. The van der Waals surface area contributed by atoms with Gasteiger partial charge >= 0.3 is 0 Å². The Hall–Kier alpha value is -0.130. The van der Waals surface area contributed by atoms with Gasteiger partial charge in [0.25, 0.3) is 0 Å². The highest BCUT2D eigenvalue weighted by Gasteiger charge is 2.10. The molecule has 0 radical (unpaired) electrons. The van der Waals surface area contributed by atoms with E-state index in [2.05, 4.69) is 16.3 Å².